The van der Waals surface area contributed by atoms with E-state index in [0.717, 1.165) is 35.4 Å². The Morgan fingerprint density at radius 3 is 2.68 bits per heavy atom. The second-order valence-corrected chi connectivity index (χ2v) is 11.0. The fourth-order valence-electron chi connectivity index (χ4n) is 5.86. The topological polar surface area (TPSA) is 118 Å². The largest absolute Gasteiger partial charge is 0.506 e. The van der Waals surface area contributed by atoms with Crippen LogP contribution in [0.5, 0.6) is 5.75 Å². The predicted molar refractivity (Wildman–Crippen MR) is 146 cm³/mol. The van der Waals surface area contributed by atoms with Gasteiger partial charge in [-0.05, 0) is 64.5 Å². The van der Waals surface area contributed by atoms with Crippen LogP contribution in [0.15, 0.2) is 47.7 Å². The van der Waals surface area contributed by atoms with E-state index in [2.05, 4.69) is 33.6 Å². The molecule has 10 heteroatoms. The van der Waals surface area contributed by atoms with E-state index >= 15 is 0 Å². The third-order valence-electron chi connectivity index (χ3n) is 8.09. The third-order valence-corrected chi connectivity index (χ3v) is 8.53. The van der Waals surface area contributed by atoms with E-state index in [1.807, 2.05) is 16.8 Å². The summed E-state index contributed by atoms with van der Waals surface area (Å²) in [6.07, 6.45) is 7.41. The molecule has 3 aliphatic rings. The van der Waals surface area contributed by atoms with Gasteiger partial charge in [0, 0.05) is 49.9 Å². The van der Waals surface area contributed by atoms with Gasteiger partial charge < -0.3 is 20.6 Å². The maximum Gasteiger partial charge on any atom is 0.258 e. The average molecular weight is 577 g/mol. The molecule has 0 radical (unpaired) electrons. The molecule has 1 aromatic carbocycles. The highest BCUT2D eigenvalue weighted by Crippen LogP contribution is 2.41. The quantitative estimate of drug-likeness (QED) is 0.359. The van der Waals surface area contributed by atoms with Crippen LogP contribution < -0.4 is 5.73 Å². The summed E-state index contributed by atoms with van der Waals surface area (Å²) >= 11 is 3.30. The molecule has 6 rings (SSSR count). The molecule has 1 fully saturated rings. The van der Waals surface area contributed by atoms with E-state index in [1.54, 1.807) is 15.9 Å². The number of amides is 2. The number of aromatic nitrogens is 3. The molecule has 0 bridgehead atoms. The number of anilines is 1. The summed E-state index contributed by atoms with van der Waals surface area (Å²) in [7, 11) is 0. The van der Waals surface area contributed by atoms with Gasteiger partial charge in [-0.2, -0.15) is 5.10 Å². The molecule has 0 saturated heterocycles. The lowest BCUT2D eigenvalue weighted by molar-refractivity contribution is -0.126. The number of carbonyl (C=O) groups is 2. The summed E-state index contributed by atoms with van der Waals surface area (Å²) in [4.78, 5) is 34.1. The Hall–Kier alpha value is -3.66. The number of halogens is 1. The van der Waals surface area contributed by atoms with Crippen molar-refractivity contribution in [1.82, 2.24) is 24.6 Å². The van der Waals surface area contributed by atoms with Crippen LogP contribution in [0.1, 0.15) is 64.1 Å². The number of pyridine rings is 1. The van der Waals surface area contributed by atoms with Crippen LogP contribution in [0.4, 0.5) is 5.69 Å². The number of carbonyl (C=O) groups excluding carboxylic acids is 2. The molecule has 1 aliphatic carbocycles. The number of nitrogen functional groups attached to an aromatic ring is 1. The van der Waals surface area contributed by atoms with E-state index in [-0.39, 0.29) is 17.6 Å². The van der Waals surface area contributed by atoms with E-state index in [9.17, 15) is 14.7 Å². The van der Waals surface area contributed by atoms with Crippen molar-refractivity contribution in [3.8, 4) is 11.4 Å². The summed E-state index contributed by atoms with van der Waals surface area (Å²) in [6.45, 7) is 4.84. The van der Waals surface area contributed by atoms with Crippen LogP contribution in [0, 0.1) is 0 Å². The Bertz CT molecular complexity index is 1460. The van der Waals surface area contributed by atoms with Crippen molar-refractivity contribution in [3.05, 3.63) is 75.8 Å². The second kappa shape index (κ2) is 9.58. The molecule has 3 aromatic rings. The molecule has 2 aromatic heterocycles. The first kappa shape index (κ1) is 24.7. The van der Waals surface area contributed by atoms with Gasteiger partial charge in [0.15, 0.2) is 0 Å². The van der Waals surface area contributed by atoms with E-state index in [4.69, 9.17) is 10.8 Å². The predicted octanol–water partition coefficient (Wildman–Crippen LogP) is 3.90. The number of hydrogen-bond donors (Lipinski definition) is 2. The fourth-order valence-corrected chi connectivity index (χ4v) is 6.21. The van der Waals surface area contributed by atoms with Crippen LogP contribution in [-0.4, -0.2) is 61.1 Å². The number of nitrogens with two attached hydrogens (primary N) is 1. The highest BCUT2D eigenvalue weighted by Gasteiger charge is 2.40. The van der Waals surface area contributed by atoms with Crippen LogP contribution in [0.25, 0.3) is 5.69 Å². The molecular formula is C28H29BrN6O3. The molecule has 1 atom stereocenters. The first-order valence-corrected chi connectivity index (χ1v) is 13.7. The van der Waals surface area contributed by atoms with E-state index in [0.29, 0.717) is 59.9 Å². The molecule has 1 unspecified atom stereocenters. The third kappa shape index (κ3) is 4.07. The summed E-state index contributed by atoms with van der Waals surface area (Å²) in [6, 6.07) is 7.09. The maximum absolute atomic E-state index is 13.8. The number of hydrogen-bond acceptors (Lipinski definition) is 6. The van der Waals surface area contributed by atoms with Gasteiger partial charge in [0.2, 0.25) is 5.91 Å². The minimum absolute atomic E-state index is 0.184. The lowest BCUT2D eigenvalue weighted by atomic mass is 9.80. The Kier molecular flexibility index (Phi) is 6.22. The van der Waals surface area contributed by atoms with Crippen molar-refractivity contribution >= 4 is 33.4 Å². The lowest BCUT2D eigenvalue weighted by Crippen LogP contribution is -2.46. The minimum Gasteiger partial charge on any atom is -0.506 e. The standard InChI is InChI=1S/C28H29BrN6O3/c1-2-26(37)33-10-8-20-27-22(35(32-20)21-7-6-17(12-24(21)36)16-4-3-5-16)9-11-34(23(27)15-33)28(38)18-14-31-25(29)13-19(18)30/h2,6-7,12-14,16,23,36H,1,3-5,8-11,15H2,(H2,30,31). The Morgan fingerprint density at radius 2 is 2.00 bits per heavy atom. The molecular weight excluding hydrogens is 548 g/mol. The highest BCUT2D eigenvalue weighted by atomic mass is 79.9. The van der Waals surface area contributed by atoms with Gasteiger partial charge >= 0.3 is 0 Å². The zero-order valence-corrected chi connectivity index (χ0v) is 22.5. The molecule has 2 amide bonds. The Labute approximate surface area is 229 Å². The molecule has 0 spiro atoms. The van der Waals surface area contributed by atoms with Crippen molar-refractivity contribution in [2.24, 2.45) is 0 Å². The lowest BCUT2D eigenvalue weighted by Gasteiger charge is -2.38. The zero-order valence-electron chi connectivity index (χ0n) is 20.9. The van der Waals surface area contributed by atoms with Gasteiger partial charge in [0.1, 0.15) is 16.0 Å². The van der Waals surface area contributed by atoms with Crippen molar-refractivity contribution in [1.29, 1.82) is 0 Å². The van der Waals surface area contributed by atoms with Crippen molar-refractivity contribution < 1.29 is 14.7 Å². The number of benzene rings is 1. The minimum atomic E-state index is -0.416. The number of phenols is 1. The molecule has 4 heterocycles. The smallest absolute Gasteiger partial charge is 0.258 e. The van der Waals surface area contributed by atoms with Gasteiger partial charge in [-0.1, -0.05) is 19.1 Å². The average Bonchev–Trinajstić information content (AvgIpc) is 3.12. The maximum atomic E-state index is 13.8. The van der Waals surface area contributed by atoms with Crippen LogP contribution in [0.2, 0.25) is 0 Å². The summed E-state index contributed by atoms with van der Waals surface area (Å²) in [5.74, 6) is 0.296. The first-order valence-electron chi connectivity index (χ1n) is 12.9. The van der Waals surface area contributed by atoms with Crippen molar-refractivity contribution in [2.75, 3.05) is 25.4 Å². The van der Waals surface area contributed by atoms with Crippen LogP contribution >= 0.6 is 15.9 Å². The highest BCUT2D eigenvalue weighted by molar-refractivity contribution is 9.10. The van der Waals surface area contributed by atoms with E-state index in [1.165, 1.54) is 18.7 Å². The molecule has 38 heavy (non-hydrogen) atoms. The van der Waals surface area contributed by atoms with Gasteiger partial charge in [0.05, 0.1) is 23.0 Å². The van der Waals surface area contributed by atoms with Crippen molar-refractivity contribution in [2.45, 2.75) is 44.1 Å². The molecule has 9 nitrogen and oxygen atoms in total. The second-order valence-electron chi connectivity index (χ2n) is 10.2. The Morgan fingerprint density at radius 1 is 1.18 bits per heavy atom. The van der Waals surface area contributed by atoms with Crippen molar-refractivity contribution in [3.63, 3.8) is 0 Å². The first-order chi connectivity index (χ1) is 18.4. The summed E-state index contributed by atoms with van der Waals surface area (Å²) in [5.41, 5.74) is 11.4. The number of phenolic OH excluding ortho intramolecular Hbond substituents is 1. The monoisotopic (exact) mass is 576 g/mol. The fraction of sp³-hybridized carbons (Fsp3) is 0.357. The zero-order chi connectivity index (χ0) is 26.6. The molecule has 1 saturated carbocycles. The molecule has 196 valence electrons. The normalized spacial score (nSPS) is 18.9. The number of aromatic hydroxyl groups is 1. The number of nitrogens with zero attached hydrogens (tertiary/aromatic N) is 5. The van der Waals surface area contributed by atoms with Gasteiger partial charge in [-0.15, -0.1) is 0 Å². The SMILES string of the molecule is C=CC(=O)N1CCc2nn(-c3ccc(C4CCC4)cc3O)c3c2C(C1)N(C(=O)c1cnc(Br)cc1N)CC3. The van der Waals surface area contributed by atoms with Crippen LogP contribution in [-0.2, 0) is 17.6 Å². The molecule has 2 aliphatic heterocycles. The summed E-state index contributed by atoms with van der Waals surface area (Å²) in [5, 5.41) is 15.9. The summed E-state index contributed by atoms with van der Waals surface area (Å²) < 4.78 is 2.39. The number of rotatable bonds is 4. The van der Waals surface area contributed by atoms with Crippen LogP contribution in [0.3, 0.4) is 0 Å². The van der Waals surface area contributed by atoms with Gasteiger partial charge in [0.25, 0.3) is 5.91 Å². The van der Waals surface area contributed by atoms with Gasteiger partial charge in [-0.3, -0.25) is 9.59 Å². The van der Waals surface area contributed by atoms with Gasteiger partial charge in [-0.25, -0.2) is 9.67 Å². The van der Waals surface area contributed by atoms with E-state index < -0.39 is 6.04 Å². The Balaban J connectivity index is 1.42. The molecule has 3 N–H and O–H groups in total.